The molecule has 2 N–H and O–H groups in total. The second kappa shape index (κ2) is 6.78. The third-order valence-corrected chi connectivity index (χ3v) is 6.17. The highest BCUT2D eigenvalue weighted by molar-refractivity contribution is 5.95. The maximum atomic E-state index is 13.0. The molecule has 8 nitrogen and oxygen atoms in total. The van der Waals surface area contributed by atoms with E-state index in [2.05, 4.69) is 9.97 Å². The molecule has 0 unspecified atom stereocenters. The third kappa shape index (κ3) is 2.85. The average Bonchev–Trinajstić information content (AvgIpc) is 3.32. The van der Waals surface area contributed by atoms with Crippen LogP contribution in [0.1, 0.15) is 29.6 Å². The van der Waals surface area contributed by atoms with Crippen LogP contribution in [0.2, 0.25) is 0 Å². The van der Waals surface area contributed by atoms with Crippen LogP contribution in [0.3, 0.4) is 0 Å². The van der Waals surface area contributed by atoms with E-state index in [9.17, 15) is 19.5 Å². The summed E-state index contributed by atoms with van der Waals surface area (Å²) in [7, 11) is 1.68. The number of hydrogen-bond donors (Lipinski definition) is 2. The normalized spacial score (nSPS) is 21.3. The molecule has 0 bridgehead atoms. The number of piperidine rings is 1. The number of rotatable bonds is 3. The lowest BCUT2D eigenvalue weighted by atomic mass is 9.77. The molecule has 1 aromatic carbocycles. The van der Waals surface area contributed by atoms with E-state index in [0.717, 1.165) is 5.56 Å². The van der Waals surface area contributed by atoms with Gasteiger partial charge in [0.1, 0.15) is 5.82 Å². The number of aliphatic carboxylic acids is 1. The standard InChI is InChI=1S/C20H22N4O4/c1-23-16(25)12-15(19(27)28)20(23)5-9-24(10-6-20)18(26)14-4-2-3-13(11-14)17-21-7-8-22-17/h2-4,7-8,11,15H,5-6,9-10,12H2,1H3,(H,21,22)(H,27,28)/t15-/m0/s1. The molecule has 146 valence electrons. The number of H-pyrrole nitrogens is 1. The first-order valence-corrected chi connectivity index (χ1v) is 9.31. The molecule has 2 aliphatic heterocycles. The van der Waals surface area contributed by atoms with E-state index in [4.69, 9.17) is 0 Å². The lowest BCUT2D eigenvalue weighted by molar-refractivity contribution is -0.145. The highest BCUT2D eigenvalue weighted by Crippen LogP contribution is 2.43. The zero-order chi connectivity index (χ0) is 19.9. The summed E-state index contributed by atoms with van der Waals surface area (Å²) in [5.74, 6) is -1.20. The van der Waals surface area contributed by atoms with Gasteiger partial charge in [0.25, 0.3) is 5.91 Å². The zero-order valence-corrected chi connectivity index (χ0v) is 15.6. The Morgan fingerprint density at radius 2 is 2.04 bits per heavy atom. The quantitative estimate of drug-likeness (QED) is 0.839. The molecule has 2 aromatic rings. The van der Waals surface area contributed by atoms with Crippen molar-refractivity contribution in [1.82, 2.24) is 19.8 Å². The lowest BCUT2D eigenvalue weighted by Crippen LogP contribution is -2.56. The Hall–Kier alpha value is -3.16. The van der Waals surface area contributed by atoms with E-state index in [0.29, 0.717) is 37.3 Å². The molecule has 2 amide bonds. The van der Waals surface area contributed by atoms with Gasteiger partial charge in [0.15, 0.2) is 0 Å². The van der Waals surface area contributed by atoms with Crippen molar-refractivity contribution in [2.45, 2.75) is 24.8 Å². The van der Waals surface area contributed by atoms with Crippen molar-refractivity contribution < 1.29 is 19.5 Å². The molecule has 8 heteroatoms. The fourth-order valence-corrected chi connectivity index (χ4v) is 4.49. The fraction of sp³-hybridized carbons (Fsp3) is 0.400. The Bertz CT molecular complexity index is 916. The van der Waals surface area contributed by atoms with Crippen LogP contribution >= 0.6 is 0 Å². The summed E-state index contributed by atoms with van der Waals surface area (Å²) in [6.07, 6.45) is 4.36. The van der Waals surface area contributed by atoms with Crippen LogP contribution in [0.25, 0.3) is 11.4 Å². The van der Waals surface area contributed by atoms with Gasteiger partial charge in [-0.05, 0) is 25.0 Å². The largest absolute Gasteiger partial charge is 0.481 e. The topological polar surface area (TPSA) is 107 Å². The summed E-state index contributed by atoms with van der Waals surface area (Å²) in [4.78, 5) is 47.4. The molecule has 1 aromatic heterocycles. The van der Waals surface area contributed by atoms with Gasteiger partial charge in [-0.1, -0.05) is 12.1 Å². The van der Waals surface area contributed by atoms with E-state index in [-0.39, 0.29) is 18.2 Å². The molecular formula is C20H22N4O4. The smallest absolute Gasteiger partial charge is 0.309 e. The van der Waals surface area contributed by atoms with E-state index in [1.165, 1.54) is 0 Å². The third-order valence-electron chi connectivity index (χ3n) is 6.17. The molecule has 2 aliphatic rings. The van der Waals surface area contributed by atoms with E-state index >= 15 is 0 Å². The van der Waals surface area contributed by atoms with Crippen molar-refractivity contribution in [3.63, 3.8) is 0 Å². The average molecular weight is 382 g/mol. The zero-order valence-electron chi connectivity index (χ0n) is 15.6. The first kappa shape index (κ1) is 18.2. The van der Waals surface area contributed by atoms with Gasteiger partial charge in [0, 0.05) is 50.1 Å². The molecule has 0 saturated carbocycles. The van der Waals surface area contributed by atoms with Gasteiger partial charge in [-0.3, -0.25) is 14.4 Å². The number of carbonyl (C=O) groups excluding carboxylic acids is 2. The molecule has 2 saturated heterocycles. The highest BCUT2D eigenvalue weighted by Gasteiger charge is 2.55. The van der Waals surface area contributed by atoms with Gasteiger partial charge in [-0.15, -0.1) is 0 Å². The van der Waals surface area contributed by atoms with Gasteiger partial charge in [0.05, 0.1) is 11.5 Å². The Balaban J connectivity index is 1.51. The molecule has 0 radical (unpaired) electrons. The van der Waals surface area contributed by atoms with Gasteiger partial charge in [-0.25, -0.2) is 4.98 Å². The Kier molecular flexibility index (Phi) is 4.41. The summed E-state index contributed by atoms with van der Waals surface area (Å²) in [5.41, 5.74) is 0.697. The monoisotopic (exact) mass is 382 g/mol. The van der Waals surface area contributed by atoms with Gasteiger partial charge in [0.2, 0.25) is 5.91 Å². The highest BCUT2D eigenvalue weighted by atomic mass is 16.4. The van der Waals surface area contributed by atoms with Crippen LogP contribution in [0.15, 0.2) is 36.7 Å². The Morgan fingerprint density at radius 1 is 1.29 bits per heavy atom. The number of nitrogens with one attached hydrogen (secondary N) is 1. The van der Waals surface area contributed by atoms with E-state index in [1.807, 2.05) is 12.1 Å². The van der Waals surface area contributed by atoms with Gasteiger partial charge in [-0.2, -0.15) is 0 Å². The predicted molar refractivity (Wildman–Crippen MR) is 100 cm³/mol. The van der Waals surface area contributed by atoms with Crippen molar-refractivity contribution in [1.29, 1.82) is 0 Å². The molecule has 28 heavy (non-hydrogen) atoms. The summed E-state index contributed by atoms with van der Waals surface area (Å²) in [6, 6.07) is 7.28. The number of carboxylic acid groups (broad SMARTS) is 1. The number of nitrogens with zero attached hydrogens (tertiary/aromatic N) is 3. The molecule has 1 spiro atoms. The van der Waals surface area contributed by atoms with Crippen LogP contribution in [0.5, 0.6) is 0 Å². The number of imidazole rings is 1. The number of benzene rings is 1. The maximum absolute atomic E-state index is 13.0. The summed E-state index contributed by atoms with van der Waals surface area (Å²) >= 11 is 0. The Labute approximate surface area is 162 Å². The number of likely N-dealkylation sites (tertiary alicyclic amines) is 2. The summed E-state index contributed by atoms with van der Waals surface area (Å²) in [5, 5.41) is 9.57. The SMILES string of the molecule is CN1C(=O)C[C@@H](C(=O)O)C12CCN(C(=O)c1cccc(-c3ncc[nH]3)c1)CC2. The molecule has 3 heterocycles. The number of carbonyl (C=O) groups is 3. The van der Waals surface area contributed by atoms with Gasteiger partial charge < -0.3 is 19.9 Å². The minimum absolute atomic E-state index is 0.0327. The van der Waals surface area contributed by atoms with Crippen LogP contribution in [0.4, 0.5) is 0 Å². The number of hydrogen-bond acceptors (Lipinski definition) is 4. The number of aromatic nitrogens is 2. The number of amides is 2. The first-order valence-electron chi connectivity index (χ1n) is 9.31. The Morgan fingerprint density at radius 3 is 2.68 bits per heavy atom. The van der Waals surface area contributed by atoms with Crippen LogP contribution in [-0.4, -0.2) is 68.3 Å². The number of carboxylic acids is 1. The molecule has 0 aliphatic carbocycles. The molecule has 2 fully saturated rings. The minimum atomic E-state index is -0.941. The second-order valence-electron chi connectivity index (χ2n) is 7.46. The molecular weight excluding hydrogens is 360 g/mol. The molecule has 1 atom stereocenters. The van der Waals surface area contributed by atoms with E-state index in [1.54, 1.807) is 41.4 Å². The lowest BCUT2D eigenvalue weighted by Gasteiger charge is -2.45. The van der Waals surface area contributed by atoms with Crippen LogP contribution in [0, 0.1) is 5.92 Å². The molecule has 4 rings (SSSR count). The maximum Gasteiger partial charge on any atom is 0.309 e. The second-order valence-corrected chi connectivity index (χ2v) is 7.46. The van der Waals surface area contributed by atoms with Crippen molar-refractivity contribution in [3.05, 3.63) is 42.2 Å². The first-order chi connectivity index (χ1) is 13.4. The van der Waals surface area contributed by atoms with Crippen molar-refractivity contribution >= 4 is 17.8 Å². The van der Waals surface area contributed by atoms with Gasteiger partial charge >= 0.3 is 5.97 Å². The summed E-state index contributed by atoms with van der Waals surface area (Å²) < 4.78 is 0. The van der Waals surface area contributed by atoms with Crippen LogP contribution < -0.4 is 0 Å². The predicted octanol–water partition coefficient (Wildman–Crippen LogP) is 1.61. The van der Waals surface area contributed by atoms with E-state index < -0.39 is 17.4 Å². The fourth-order valence-electron chi connectivity index (χ4n) is 4.49. The summed E-state index contributed by atoms with van der Waals surface area (Å²) in [6.45, 7) is 0.844. The van der Waals surface area contributed by atoms with Crippen LogP contribution in [-0.2, 0) is 9.59 Å². The minimum Gasteiger partial charge on any atom is -0.481 e. The van der Waals surface area contributed by atoms with Crippen molar-refractivity contribution in [2.75, 3.05) is 20.1 Å². The van der Waals surface area contributed by atoms with Crippen molar-refractivity contribution in [3.8, 4) is 11.4 Å². The number of aromatic amines is 1. The van der Waals surface area contributed by atoms with Crippen molar-refractivity contribution in [2.24, 2.45) is 5.92 Å².